The highest BCUT2D eigenvalue weighted by Gasteiger charge is 2.31. The van der Waals surface area contributed by atoms with Crippen molar-refractivity contribution in [2.75, 3.05) is 13.1 Å². The maximum atomic E-state index is 12.4. The zero-order chi connectivity index (χ0) is 15.6. The van der Waals surface area contributed by atoms with E-state index in [1.54, 1.807) is 0 Å². The lowest BCUT2D eigenvalue weighted by atomic mass is 10.2. The second-order valence-electron chi connectivity index (χ2n) is 6.28. The van der Waals surface area contributed by atoms with Crippen molar-refractivity contribution in [2.45, 2.75) is 38.3 Å². The molecule has 0 spiro atoms. The Morgan fingerprint density at radius 1 is 1.13 bits per heavy atom. The van der Waals surface area contributed by atoms with Crippen molar-refractivity contribution in [3.05, 3.63) is 47.5 Å². The summed E-state index contributed by atoms with van der Waals surface area (Å²) in [4.78, 5) is 14.3. The second-order valence-corrected chi connectivity index (χ2v) is 6.28. The summed E-state index contributed by atoms with van der Waals surface area (Å²) in [6, 6.07) is 9.99. The van der Waals surface area contributed by atoms with Crippen LogP contribution in [0.25, 0.3) is 0 Å². The third kappa shape index (κ3) is 3.06. The number of amides is 2. The van der Waals surface area contributed by atoms with Crippen molar-refractivity contribution < 1.29 is 4.79 Å². The van der Waals surface area contributed by atoms with Gasteiger partial charge in [0.15, 0.2) is 0 Å². The molecule has 0 unspecified atom stereocenters. The zero-order valence-electron chi connectivity index (χ0n) is 13.1. The van der Waals surface area contributed by atoms with Crippen LogP contribution in [-0.4, -0.2) is 38.8 Å². The molecule has 23 heavy (non-hydrogen) atoms. The molecule has 6 nitrogen and oxygen atoms in total. The van der Waals surface area contributed by atoms with E-state index in [9.17, 15) is 4.79 Å². The number of aromatic nitrogens is 3. The highest BCUT2D eigenvalue weighted by molar-refractivity contribution is 5.74. The summed E-state index contributed by atoms with van der Waals surface area (Å²) in [5.41, 5.74) is 1.11. The van der Waals surface area contributed by atoms with Crippen molar-refractivity contribution >= 4 is 6.03 Å². The first-order valence-electron chi connectivity index (χ1n) is 8.30. The minimum Gasteiger partial charge on any atom is -0.334 e. The maximum absolute atomic E-state index is 12.4. The highest BCUT2D eigenvalue weighted by atomic mass is 16.2. The molecule has 1 fully saturated rings. The number of benzene rings is 1. The first-order chi connectivity index (χ1) is 11.3. The van der Waals surface area contributed by atoms with E-state index >= 15 is 0 Å². The molecule has 0 atom stereocenters. The van der Waals surface area contributed by atoms with Crippen LogP contribution in [0.3, 0.4) is 0 Å². The van der Waals surface area contributed by atoms with Crippen molar-refractivity contribution in [3.63, 3.8) is 0 Å². The molecule has 1 aliphatic heterocycles. The van der Waals surface area contributed by atoms with E-state index in [2.05, 4.69) is 20.1 Å². The fourth-order valence-corrected chi connectivity index (χ4v) is 3.08. The van der Waals surface area contributed by atoms with Gasteiger partial charge in [-0.05, 0) is 18.4 Å². The topological polar surface area (TPSA) is 63.1 Å². The first-order valence-corrected chi connectivity index (χ1v) is 8.30. The Bertz CT molecular complexity index is 692. The minimum atomic E-state index is 0.000497. The van der Waals surface area contributed by atoms with Crippen LogP contribution in [0.1, 0.15) is 36.0 Å². The molecule has 0 bridgehead atoms. The number of fused-ring (bicyclic) bond motifs is 1. The van der Waals surface area contributed by atoms with Gasteiger partial charge in [0.05, 0.1) is 0 Å². The summed E-state index contributed by atoms with van der Waals surface area (Å²) in [6.07, 6.45) is 3.22. The van der Waals surface area contributed by atoms with Gasteiger partial charge in [0.25, 0.3) is 0 Å². The lowest BCUT2D eigenvalue weighted by Crippen LogP contribution is -2.41. The van der Waals surface area contributed by atoms with Crippen molar-refractivity contribution in [1.82, 2.24) is 25.0 Å². The standard InChI is InChI=1S/C17H21N5O/c23-17(18-12-13-4-2-1-3-5-13)21-9-8-15-19-20-16(14-6-7-14)22(15)11-10-21/h1-5,14H,6-12H2,(H,18,23). The van der Waals surface area contributed by atoms with Crippen LogP contribution in [0, 0.1) is 0 Å². The molecule has 1 aromatic carbocycles. The number of nitrogens with zero attached hydrogens (tertiary/aromatic N) is 4. The van der Waals surface area contributed by atoms with E-state index in [4.69, 9.17) is 0 Å². The lowest BCUT2D eigenvalue weighted by molar-refractivity contribution is 0.198. The van der Waals surface area contributed by atoms with E-state index in [1.165, 1.54) is 12.8 Å². The molecule has 4 rings (SSSR count). The summed E-state index contributed by atoms with van der Waals surface area (Å²) in [5, 5.41) is 11.7. The monoisotopic (exact) mass is 311 g/mol. The molecular formula is C17H21N5O. The molecule has 0 radical (unpaired) electrons. The van der Waals surface area contributed by atoms with Crippen LogP contribution >= 0.6 is 0 Å². The number of carbonyl (C=O) groups excluding carboxylic acids is 1. The first kappa shape index (κ1) is 14.2. The Kier molecular flexibility index (Phi) is 3.73. The van der Waals surface area contributed by atoms with Crippen molar-refractivity contribution in [3.8, 4) is 0 Å². The Balaban J connectivity index is 1.36. The van der Waals surface area contributed by atoms with Crippen LogP contribution < -0.4 is 5.32 Å². The van der Waals surface area contributed by atoms with E-state index in [-0.39, 0.29) is 6.03 Å². The third-order valence-electron chi connectivity index (χ3n) is 4.57. The fourth-order valence-electron chi connectivity index (χ4n) is 3.08. The zero-order valence-corrected chi connectivity index (χ0v) is 13.1. The summed E-state index contributed by atoms with van der Waals surface area (Å²) in [5.74, 6) is 2.73. The predicted molar refractivity (Wildman–Crippen MR) is 86.0 cm³/mol. The normalized spacial score (nSPS) is 17.5. The Hall–Kier alpha value is -2.37. The number of carbonyl (C=O) groups is 1. The van der Waals surface area contributed by atoms with Gasteiger partial charge >= 0.3 is 6.03 Å². The van der Waals surface area contributed by atoms with E-state index in [0.717, 1.165) is 30.2 Å². The number of hydrogen-bond acceptors (Lipinski definition) is 3. The van der Waals surface area contributed by atoms with Crippen LogP contribution in [0.2, 0.25) is 0 Å². The van der Waals surface area contributed by atoms with Crippen molar-refractivity contribution in [1.29, 1.82) is 0 Å². The summed E-state index contributed by atoms with van der Waals surface area (Å²) < 4.78 is 2.22. The van der Waals surface area contributed by atoms with Crippen LogP contribution in [0.15, 0.2) is 30.3 Å². The predicted octanol–water partition coefficient (Wildman–Crippen LogP) is 1.92. The van der Waals surface area contributed by atoms with Gasteiger partial charge in [-0.1, -0.05) is 30.3 Å². The molecule has 2 aliphatic rings. The van der Waals surface area contributed by atoms with E-state index in [1.807, 2.05) is 35.2 Å². The Morgan fingerprint density at radius 3 is 2.74 bits per heavy atom. The molecule has 1 N–H and O–H groups in total. The smallest absolute Gasteiger partial charge is 0.317 e. The van der Waals surface area contributed by atoms with Crippen LogP contribution in [-0.2, 0) is 19.5 Å². The summed E-state index contributed by atoms with van der Waals surface area (Å²) in [7, 11) is 0. The summed E-state index contributed by atoms with van der Waals surface area (Å²) >= 11 is 0. The van der Waals surface area contributed by atoms with Gasteiger partial charge in [-0.2, -0.15) is 0 Å². The largest absolute Gasteiger partial charge is 0.334 e. The SMILES string of the molecule is O=C(NCc1ccccc1)N1CCc2nnc(C3CC3)n2CC1. The second kappa shape index (κ2) is 6.02. The van der Waals surface area contributed by atoms with Crippen LogP contribution in [0.4, 0.5) is 4.79 Å². The fraction of sp³-hybridized carbons (Fsp3) is 0.471. The average Bonchev–Trinajstić information content (AvgIpc) is 3.39. The van der Waals surface area contributed by atoms with E-state index in [0.29, 0.717) is 25.6 Å². The highest BCUT2D eigenvalue weighted by Crippen LogP contribution is 2.39. The molecule has 1 aromatic heterocycles. The maximum Gasteiger partial charge on any atom is 0.317 e. The number of rotatable bonds is 3. The molecule has 1 aliphatic carbocycles. The van der Waals surface area contributed by atoms with Gasteiger partial charge in [0, 0.05) is 38.5 Å². The van der Waals surface area contributed by atoms with E-state index < -0.39 is 0 Å². The van der Waals surface area contributed by atoms with Crippen molar-refractivity contribution in [2.24, 2.45) is 0 Å². The van der Waals surface area contributed by atoms with Gasteiger partial charge in [0.1, 0.15) is 11.6 Å². The molecular weight excluding hydrogens is 290 g/mol. The molecule has 0 saturated heterocycles. The van der Waals surface area contributed by atoms with Gasteiger partial charge in [0.2, 0.25) is 0 Å². The van der Waals surface area contributed by atoms with Gasteiger partial charge in [-0.25, -0.2) is 4.79 Å². The minimum absolute atomic E-state index is 0.000497. The Morgan fingerprint density at radius 2 is 1.96 bits per heavy atom. The molecule has 2 heterocycles. The molecule has 120 valence electrons. The molecule has 1 saturated carbocycles. The van der Waals surface area contributed by atoms with Gasteiger partial charge < -0.3 is 14.8 Å². The molecule has 6 heteroatoms. The number of nitrogens with one attached hydrogen (secondary N) is 1. The quantitative estimate of drug-likeness (QED) is 0.942. The lowest BCUT2D eigenvalue weighted by Gasteiger charge is -2.20. The van der Waals surface area contributed by atoms with Gasteiger partial charge in [-0.15, -0.1) is 10.2 Å². The average molecular weight is 311 g/mol. The van der Waals surface area contributed by atoms with Gasteiger partial charge in [-0.3, -0.25) is 0 Å². The summed E-state index contributed by atoms with van der Waals surface area (Å²) in [6.45, 7) is 2.78. The number of urea groups is 1. The Labute approximate surface area is 135 Å². The third-order valence-corrected chi connectivity index (χ3v) is 4.57. The molecule has 2 aromatic rings. The number of hydrogen-bond donors (Lipinski definition) is 1. The molecule has 2 amide bonds. The van der Waals surface area contributed by atoms with Crippen LogP contribution in [0.5, 0.6) is 0 Å².